The molecule has 0 spiro atoms. The van der Waals surface area contributed by atoms with Crippen LogP contribution >= 0.6 is 0 Å². The Morgan fingerprint density at radius 3 is 2.88 bits per heavy atom. The number of nitrogens with zero attached hydrogens (tertiary/aromatic N) is 1. The van der Waals surface area contributed by atoms with Gasteiger partial charge in [0.1, 0.15) is 0 Å². The van der Waals surface area contributed by atoms with Crippen molar-refractivity contribution in [1.82, 2.24) is 5.32 Å². The van der Waals surface area contributed by atoms with Gasteiger partial charge in [0.25, 0.3) is 0 Å². The molecule has 1 saturated heterocycles. The summed E-state index contributed by atoms with van der Waals surface area (Å²) in [5.41, 5.74) is 1.11. The first-order chi connectivity index (χ1) is 7.77. The Balaban J connectivity index is 2.13. The van der Waals surface area contributed by atoms with E-state index in [9.17, 15) is 4.79 Å². The normalized spacial score (nSPS) is 20.8. The number of carboxylic acid groups (broad SMARTS) is 1. The lowest BCUT2D eigenvalue weighted by Gasteiger charge is -2.37. The van der Waals surface area contributed by atoms with Gasteiger partial charge < -0.3 is 15.3 Å². The van der Waals surface area contributed by atoms with Gasteiger partial charge in [0, 0.05) is 25.3 Å². The Morgan fingerprint density at radius 2 is 2.19 bits per heavy atom. The molecule has 0 saturated carbocycles. The third-order valence-electron chi connectivity index (χ3n) is 2.85. The Hall–Kier alpha value is -1.55. The highest BCUT2D eigenvalue weighted by Gasteiger charge is 2.24. The lowest BCUT2D eigenvalue weighted by Crippen LogP contribution is -2.52. The Labute approximate surface area is 94.9 Å². The number of carbonyl (C=O) groups is 1. The summed E-state index contributed by atoms with van der Waals surface area (Å²) < 4.78 is 0. The highest BCUT2D eigenvalue weighted by atomic mass is 16.4. The van der Waals surface area contributed by atoms with Gasteiger partial charge in [-0.1, -0.05) is 18.2 Å². The molecule has 1 aliphatic rings. The standard InChI is InChI=1S/C12H16N2O2/c15-12(16)8-11-9-13-6-7-14(11)10-4-2-1-3-5-10/h1-5,11,13H,6-9H2,(H,15,16). The van der Waals surface area contributed by atoms with Gasteiger partial charge in [0.05, 0.1) is 12.5 Å². The molecule has 0 radical (unpaired) electrons. The summed E-state index contributed by atoms with van der Waals surface area (Å²) in [4.78, 5) is 13.0. The van der Waals surface area contributed by atoms with Crippen LogP contribution in [0.5, 0.6) is 0 Å². The fourth-order valence-corrected chi connectivity index (χ4v) is 2.10. The van der Waals surface area contributed by atoms with Crippen LogP contribution in [-0.2, 0) is 4.79 Å². The summed E-state index contributed by atoms with van der Waals surface area (Å²) in [7, 11) is 0. The molecule has 1 aromatic carbocycles. The molecule has 0 aromatic heterocycles. The van der Waals surface area contributed by atoms with E-state index in [1.807, 2.05) is 30.3 Å². The second-order valence-corrected chi connectivity index (χ2v) is 3.98. The van der Waals surface area contributed by atoms with E-state index in [1.54, 1.807) is 0 Å². The van der Waals surface area contributed by atoms with Gasteiger partial charge in [-0.2, -0.15) is 0 Å². The van der Waals surface area contributed by atoms with Crippen LogP contribution in [0.15, 0.2) is 30.3 Å². The topological polar surface area (TPSA) is 52.6 Å². The number of anilines is 1. The van der Waals surface area contributed by atoms with Crippen molar-refractivity contribution in [2.75, 3.05) is 24.5 Å². The molecule has 1 unspecified atom stereocenters. The fraction of sp³-hybridized carbons (Fsp3) is 0.417. The van der Waals surface area contributed by atoms with Crippen LogP contribution in [0.3, 0.4) is 0 Å². The van der Waals surface area contributed by atoms with Crippen molar-refractivity contribution in [3.63, 3.8) is 0 Å². The number of piperazine rings is 1. The minimum Gasteiger partial charge on any atom is -0.481 e. The predicted octanol–water partition coefficient (Wildman–Crippen LogP) is 0.940. The minimum atomic E-state index is -0.741. The first-order valence-electron chi connectivity index (χ1n) is 5.51. The number of aliphatic carboxylic acids is 1. The van der Waals surface area contributed by atoms with Gasteiger partial charge in [-0.25, -0.2) is 0 Å². The van der Waals surface area contributed by atoms with E-state index in [0.29, 0.717) is 0 Å². The molecule has 1 aliphatic heterocycles. The number of rotatable bonds is 3. The van der Waals surface area contributed by atoms with Crippen LogP contribution in [-0.4, -0.2) is 36.8 Å². The van der Waals surface area contributed by atoms with Crippen molar-refractivity contribution in [1.29, 1.82) is 0 Å². The van der Waals surface area contributed by atoms with Gasteiger partial charge in [0.2, 0.25) is 0 Å². The maximum atomic E-state index is 10.8. The molecule has 1 fully saturated rings. The highest BCUT2D eigenvalue weighted by Crippen LogP contribution is 2.19. The van der Waals surface area contributed by atoms with E-state index in [1.165, 1.54) is 0 Å². The van der Waals surface area contributed by atoms with Crippen LogP contribution in [0, 0.1) is 0 Å². The largest absolute Gasteiger partial charge is 0.481 e. The molecule has 0 aliphatic carbocycles. The summed E-state index contributed by atoms with van der Waals surface area (Å²) >= 11 is 0. The van der Waals surface area contributed by atoms with Crippen molar-refractivity contribution in [2.45, 2.75) is 12.5 Å². The maximum Gasteiger partial charge on any atom is 0.305 e. The molecule has 1 atom stereocenters. The maximum absolute atomic E-state index is 10.8. The lowest BCUT2D eigenvalue weighted by molar-refractivity contribution is -0.137. The van der Waals surface area contributed by atoms with Crippen LogP contribution < -0.4 is 10.2 Å². The van der Waals surface area contributed by atoms with Gasteiger partial charge in [-0.3, -0.25) is 4.79 Å². The Bertz CT molecular complexity index is 353. The average molecular weight is 220 g/mol. The van der Waals surface area contributed by atoms with Crippen LogP contribution in [0.4, 0.5) is 5.69 Å². The molecule has 4 heteroatoms. The van der Waals surface area contributed by atoms with E-state index < -0.39 is 5.97 Å². The number of hydrogen-bond acceptors (Lipinski definition) is 3. The van der Waals surface area contributed by atoms with E-state index in [-0.39, 0.29) is 12.5 Å². The van der Waals surface area contributed by atoms with Gasteiger partial charge in [0.15, 0.2) is 0 Å². The van der Waals surface area contributed by atoms with Crippen molar-refractivity contribution in [2.24, 2.45) is 0 Å². The number of nitrogens with one attached hydrogen (secondary N) is 1. The van der Waals surface area contributed by atoms with Gasteiger partial charge in [-0.15, -0.1) is 0 Å². The zero-order chi connectivity index (χ0) is 11.4. The number of carboxylic acids is 1. The second-order valence-electron chi connectivity index (χ2n) is 3.98. The van der Waals surface area contributed by atoms with Gasteiger partial charge in [-0.05, 0) is 12.1 Å². The number of para-hydroxylation sites is 1. The third kappa shape index (κ3) is 2.52. The molecule has 16 heavy (non-hydrogen) atoms. The zero-order valence-corrected chi connectivity index (χ0v) is 9.10. The number of benzene rings is 1. The smallest absolute Gasteiger partial charge is 0.305 e. The van der Waals surface area contributed by atoms with Crippen LogP contribution in [0.1, 0.15) is 6.42 Å². The van der Waals surface area contributed by atoms with Crippen molar-refractivity contribution in [3.05, 3.63) is 30.3 Å². The fourth-order valence-electron chi connectivity index (χ4n) is 2.10. The third-order valence-corrected chi connectivity index (χ3v) is 2.85. The Morgan fingerprint density at radius 1 is 1.44 bits per heavy atom. The molecular formula is C12H16N2O2. The summed E-state index contributed by atoms with van der Waals surface area (Å²) in [6, 6.07) is 10.0. The van der Waals surface area contributed by atoms with E-state index in [0.717, 1.165) is 25.3 Å². The quantitative estimate of drug-likeness (QED) is 0.796. The number of hydrogen-bond donors (Lipinski definition) is 2. The van der Waals surface area contributed by atoms with Crippen LogP contribution in [0.2, 0.25) is 0 Å². The average Bonchev–Trinajstić information content (AvgIpc) is 2.30. The summed E-state index contributed by atoms with van der Waals surface area (Å²) in [6.45, 7) is 2.51. The molecule has 0 amide bonds. The zero-order valence-electron chi connectivity index (χ0n) is 9.10. The minimum absolute atomic E-state index is 0.0497. The first kappa shape index (κ1) is 11.0. The molecule has 4 nitrogen and oxygen atoms in total. The van der Waals surface area contributed by atoms with E-state index in [2.05, 4.69) is 10.2 Å². The molecule has 2 rings (SSSR count). The highest BCUT2D eigenvalue weighted by molar-refractivity contribution is 5.68. The molecule has 86 valence electrons. The first-order valence-corrected chi connectivity index (χ1v) is 5.51. The summed E-state index contributed by atoms with van der Waals surface area (Å²) in [5.74, 6) is -0.741. The SMILES string of the molecule is O=C(O)CC1CNCCN1c1ccccc1. The monoisotopic (exact) mass is 220 g/mol. The molecule has 1 aromatic rings. The van der Waals surface area contributed by atoms with Crippen molar-refractivity contribution < 1.29 is 9.90 Å². The summed E-state index contributed by atoms with van der Waals surface area (Å²) in [5, 5.41) is 12.1. The predicted molar refractivity (Wildman–Crippen MR) is 62.7 cm³/mol. The molecule has 2 N–H and O–H groups in total. The van der Waals surface area contributed by atoms with Crippen molar-refractivity contribution >= 4 is 11.7 Å². The Kier molecular flexibility index (Phi) is 3.41. The molecule has 1 heterocycles. The second kappa shape index (κ2) is 4.99. The van der Waals surface area contributed by atoms with E-state index >= 15 is 0 Å². The molecular weight excluding hydrogens is 204 g/mol. The lowest BCUT2D eigenvalue weighted by atomic mass is 10.1. The summed E-state index contributed by atoms with van der Waals surface area (Å²) in [6.07, 6.45) is 0.182. The molecule has 0 bridgehead atoms. The van der Waals surface area contributed by atoms with Gasteiger partial charge >= 0.3 is 5.97 Å². The van der Waals surface area contributed by atoms with Crippen molar-refractivity contribution in [3.8, 4) is 0 Å². The van der Waals surface area contributed by atoms with E-state index in [4.69, 9.17) is 5.11 Å². The van der Waals surface area contributed by atoms with Crippen LogP contribution in [0.25, 0.3) is 0 Å².